The molecule has 0 atom stereocenters. The zero-order chi connectivity index (χ0) is 12.6. The average Bonchev–Trinajstić information content (AvgIpc) is 2.45. The number of carbonyl (C=O) groups excluding carboxylic acids is 1. The van der Waals surface area contributed by atoms with E-state index >= 15 is 0 Å². The van der Waals surface area contributed by atoms with Crippen molar-refractivity contribution in [2.24, 2.45) is 0 Å². The Bertz CT molecular complexity index is 364. The average molecular weight is 284 g/mol. The van der Waals surface area contributed by atoms with Gasteiger partial charge in [-0.25, -0.2) is 0 Å². The highest BCUT2D eigenvalue weighted by Gasteiger charge is 2.14. The third-order valence-electron chi connectivity index (χ3n) is 3.38. The predicted octanol–water partition coefficient (Wildman–Crippen LogP) is 3.07. The van der Waals surface area contributed by atoms with Crippen molar-refractivity contribution >= 4 is 18.4 Å². The molecule has 1 N–H and O–H groups in total. The van der Waals surface area contributed by atoms with Crippen molar-refractivity contribution in [2.45, 2.75) is 44.8 Å². The molecule has 1 aromatic carbocycles. The Morgan fingerprint density at radius 3 is 2.53 bits per heavy atom. The van der Waals surface area contributed by atoms with Crippen LogP contribution in [0.2, 0.25) is 0 Å². The molecule has 1 aromatic rings. The molecule has 0 aliphatic heterocycles. The van der Waals surface area contributed by atoms with Gasteiger partial charge in [0.2, 0.25) is 0 Å². The van der Waals surface area contributed by atoms with Crippen LogP contribution < -0.4 is 5.32 Å². The molecule has 19 heavy (non-hydrogen) atoms. The van der Waals surface area contributed by atoms with Crippen LogP contribution in [-0.2, 0) is 16.1 Å². The normalized spacial score (nSPS) is 15.6. The van der Waals surface area contributed by atoms with Crippen molar-refractivity contribution in [3.63, 3.8) is 0 Å². The molecule has 0 aromatic heterocycles. The first kappa shape index (κ1) is 16.0. The highest BCUT2D eigenvalue weighted by atomic mass is 35.5. The van der Waals surface area contributed by atoms with Crippen LogP contribution in [0.3, 0.4) is 0 Å². The van der Waals surface area contributed by atoms with Gasteiger partial charge in [0, 0.05) is 6.04 Å². The Morgan fingerprint density at radius 2 is 1.84 bits per heavy atom. The van der Waals surface area contributed by atoms with E-state index in [1.165, 1.54) is 32.1 Å². The number of rotatable bonds is 5. The summed E-state index contributed by atoms with van der Waals surface area (Å²) >= 11 is 0. The Kier molecular flexibility index (Phi) is 7.53. The SMILES string of the molecule is Cl.O=C(CNC1CCCCC1)OCc1ccccc1. The van der Waals surface area contributed by atoms with Crippen molar-refractivity contribution in [3.05, 3.63) is 35.9 Å². The molecule has 0 heterocycles. The van der Waals surface area contributed by atoms with Gasteiger partial charge in [-0.05, 0) is 18.4 Å². The third kappa shape index (κ3) is 6.08. The van der Waals surface area contributed by atoms with Crippen LogP contribution in [0.25, 0.3) is 0 Å². The summed E-state index contributed by atoms with van der Waals surface area (Å²) in [7, 11) is 0. The second-order valence-corrected chi connectivity index (χ2v) is 4.86. The summed E-state index contributed by atoms with van der Waals surface area (Å²) in [6.07, 6.45) is 6.25. The Labute approximate surface area is 121 Å². The Hall–Kier alpha value is -1.06. The lowest BCUT2D eigenvalue weighted by Crippen LogP contribution is -2.35. The van der Waals surface area contributed by atoms with Gasteiger partial charge in [0.1, 0.15) is 6.61 Å². The van der Waals surface area contributed by atoms with E-state index in [-0.39, 0.29) is 18.4 Å². The first-order valence-electron chi connectivity index (χ1n) is 6.77. The highest BCUT2D eigenvalue weighted by molar-refractivity contribution is 5.85. The van der Waals surface area contributed by atoms with Gasteiger partial charge >= 0.3 is 5.97 Å². The van der Waals surface area contributed by atoms with E-state index in [4.69, 9.17) is 4.74 Å². The number of hydrogen-bond donors (Lipinski definition) is 1. The van der Waals surface area contributed by atoms with E-state index in [1.54, 1.807) is 0 Å². The van der Waals surface area contributed by atoms with Crippen molar-refractivity contribution in [2.75, 3.05) is 6.54 Å². The van der Waals surface area contributed by atoms with Crippen molar-refractivity contribution in [1.82, 2.24) is 5.32 Å². The van der Waals surface area contributed by atoms with Gasteiger partial charge in [0.15, 0.2) is 0 Å². The van der Waals surface area contributed by atoms with Crippen LogP contribution in [0, 0.1) is 0 Å². The minimum atomic E-state index is -0.163. The molecule has 0 bridgehead atoms. The molecule has 0 unspecified atom stereocenters. The lowest BCUT2D eigenvalue weighted by Gasteiger charge is -2.22. The molecule has 1 aliphatic carbocycles. The van der Waals surface area contributed by atoms with E-state index in [9.17, 15) is 4.79 Å². The second-order valence-electron chi connectivity index (χ2n) is 4.86. The molecule has 4 heteroatoms. The van der Waals surface area contributed by atoms with Gasteiger partial charge in [0.25, 0.3) is 0 Å². The van der Waals surface area contributed by atoms with Crippen LogP contribution in [0.15, 0.2) is 30.3 Å². The monoisotopic (exact) mass is 283 g/mol. The lowest BCUT2D eigenvalue weighted by molar-refractivity contribution is -0.144. The number of esters is 1. The lowest BCUT2D eigenvalue weighted by atomic mass is 9.96. The fourth-order valence-corrected chi connectivity index (χ4v) is 2.32. The fraction of sp³-hybridized carbons (Fsp3) is 0.533. The number of halogens is 1. The molecule has 1 fully saturated rings. The Balaban J connectivity index is 0.00000180. The van der Waals surface area contributed by atoms with E-state index < -0.39 is 0 Å². The molecule has 1 aliphatic rings. The van der Waals surface area contributed by atoms with Gasteiger partial charge < -0.3 is 10.1 Å². The largest absolute Gasteiger partial charge is 0.460 e. The molecule has 0 amide bonds. The summed E-state index contributed by atoms with van der Waals surface area (Å²) in [4.78, 5) is 11.6. The summed E-state index contributed by atoms with van der Waals surface area (Å²) in [5.41, 5.74) is 1.03. The van der Waals surface area contributed by atoms with Gasteiger partial charge in [-0.3, -0.25) is 4.79 Å². The number of ether oxygens (including phenoxy) is 1. The topological polar surface area (TPSA) is 38.3 Å². The molecular formula is C15H22ClNO2. The van der Waals surface area contributed by atoms with Gasteiger partial charge in [-0.2, -0.15) is 0 Å². The van der Waals surface area contributed by atoms with Gasteiger partial charge in [-0.1, -0.05) is 49.6 Å². The number of nitrogens with one attached hydrogen (secondary N) is 1. The molecule has 106 valence electrons. The number of carbonyl (C=O) groups is 1. The summed E-state index contributed by atoms with van der Waals surface area (Å²) in [6, 6.07) is 10.3. The standard InChI is InChI=1S/C15H21NO2.ClH/c17-15(11-16-14-9-5-2-6-10-14)18-12-13-7-3-1-4-8-13;/h1,3-4,7-8,14,16H,2,5-6,9-12H2;1H. The predicted molar refractivity (Wildman–Crippen MR) is 78.4 cm³/mol. The third-order valence-corrected chi connectivity index (χ3v) is 3.38. The molecule has 2 rings (SSSR count). The van der Waals surface area contributed by atoms with Crippen LogP contribution in [-0.4, -0.2) is 18.6 Å². The molecule has 3 nitrogen and oxygen atoms in total. The minimum Gasteiger partial charge on any atom is -0.460 e. The van der Waals surface area contributed by atoms with E-state index in [2.05, 4.69) is 5.32 Å². The van der Waals surface area contributed by atoms with E-state index in [0.29, 0.717) is 19.2 Å². The van der Waals surface area contributed by atoms with Crippen LogP contribution in [0.5, 0.6) is 0 Å². The first-order valence-corrected chi connectivity index (χ1v) is 6.77. The molecule has 0 radical (unpaired) electrons. The van der Waals surface area contributed by atoms with Crippen LogP contribution in [0.1, 0.15) is 37.7 Å². The number of hydrogen-bond acceptors (Lipinski definition) is 3. The zero-order valence-electron chi connectivity index (χ0n) is 11.1. The summed E-state index contributed by atoms with van der Waals surface area (Å²) in [5.74, 6) is -0.163. The van der Waals surface area contributed by atoms with E-state index in [0.717, 1.165) is 5.56 Å². The molecule has 0 saturated heterocycles. The maximum absolute atomic E-state index is 11.6. The summed E-state index contributed by atoms with van der Waals surface area (Å²) < 4.78 is 5.22. The minimum absolute atomic E-state index is 0. The molecular weight excluding hydrogens is 262 g/mol. The van der Waals surface area contributed by atoms with Gasteiger partial charge in [-0.15, -0.1) is 12.4 Å². The second kappa shape index (κ2) is 8.94. The quantitative estimate of drug-likeness (QED) is 0.844. The zero-order valence-corrected chi connectivity index (χ0v) is 12.0. The summed E-state index contributed by atoms with van der Waals surface area (Å²) in [6.45, 7) is 0.698. The van der Waals surface area contributed by atoms with Crippen LogP contribution in [0.4, 0.5) is 0 Å². The van der Waals surface area contributed by atoms with Crippen LogP contribution >= 0.6 is 12.4 Å². The smallest absolute Gasteiger partial charge is 0.320 e. The molecule has 0 spiro atoms. The maximum atomic E-state index is 11.6. The van der Waals surface area contributed by atoms with E-state index in [1.807, 2.05) is 30.3 Å². The summed E-state index contributed by atoms with van der Waals surface area (Å²) in [5, 5.41) is 3.28. The van der Waals surface area contributed by atoms with Crippen molar-refractivity contribution in [1.29, 1.82) is 0 Å². The number of benzene rings is 1. The highest BCUT2D eigenvalue weighted by Crippen LogP contribution is 2.17. The van der Waals surface area contributed by atoms with Gasteiger partial charge in [0.05, 0.1) is 6.54 Å². The first-order chi connectivity index (χ1) is 8.84. The molecule has 1 saturated carbocycles. The Morgan fingerprint density at radius 1 is 1.16 bits per heavy atom. The van der Waals surface area contributed by atoms with Crippen molar-refractivity contribution < 1.29 is 9.53 Å². The fourth-order valence-electron chi connectivity index (χ4n) is 2.32. The maximum Gasteiger partial charge on any atom is 0.320 e. The van der Waals surface area contributed by atoms with Crippen molar-refractivity contribution in [3.8, 4) is 0 Å².